The molecule has 15 heavy (non-hydrogen) atoms. The zero-order chi connectivity index (χ0) is 11.4. The Labute approximate surface area is 111 Å². The van der Waals surface area contributed by atoms with Gasteiger partial charge in [0.05, 0.1) is 0 Å². The van der Waals surface area contributed by atoms with Crippen molar-refractivity contribution in [2.75, 3.05) is 6.54 Å². The maximum Gasteiger partial charge on any atom is 0.242 e. The number of rotatable bonds is 3. The van der Waals surface area contributed by atoms with Gasteiger partial charge in [-0.1, -0.05) is 6.07 Å². The van der Waals surface area contributed by atoms with Gasteiger partial charge >= 0.3 is 0 Å². The van der Waals surface area contributed by atoms with E-state index in [1.54, 1.807) is 0 Å². The van der Waals surface area contributed by atoms with E-state index in [-0.39, 0.29) is 5.91 Å². The van der Waals surface area contributed by atoms with Crippen LogP contribution < -0.4 is 5.32 Å². The summed E-state index contributed by atoms with van der Waals surface area (Å²) in [6.45, 7) is 2.44. The number of carbonyl (C=O) groups is 1. The highest BCUT2D eigenvalue weighted by molar-refractivity contribution is 9.13. The van der Waals surface area contributed by atoms with Gasteiger partial charge in [-0.15, -0.1) is 11.6 Å². The van der Waals surface area contributed by atoms with Crippen molar-refractivity contribution in [3.05, 3.63) is 32.7 Å². The molecule has 1 rings (SSSR count). The number of hydrogen-bond donors (Lipinski definition) is 1. The lowest BCUT2D eigenvalue weighted by atomic mass is 10.1. The minimum Gasteiger partial charge on any atom is -0.355 e. The summed E-state index contributed by atoms with van der Waals surface area (Å²) in [5, 5.41) is 2.04. The molecule has 0 radical (unpaired) electrons. The molecule has 0 aliphatic carbocycles. The van der Waals surface area contributed by atoms with E-state index in [9.17, 15) is 4.79 Å². The summed E-state index contributed by atoms with van der Waals surface area (Å²) in [6.07, 6.45) is 0. The van der Waals surface area contributed by atoms with Gasteiger partial charge in [-0.3, -0.25) is 4.79 Å². The highest BCUT2D eigenvalue weighted by Gasteiger charge is 2.17. The van der Waals surface area contributed by atoms with Crippen LogP contribution in [-0.4, -0.2) is 12.5 Å². The molecular weight excluding hydrogens is 345 g/mol. The van der Waals surface area contributed by atoms with Crippen LogP contribution in [0.2, 0.25) is 0 Å². The van der Waals surface area contributed by atoms with E-state index in [2.05, 4.69) is 37.2 Å². The van der Waals surface area contributed by atoms with E-state index in [1.165, 1.54) is 0 Å². The monoisotopic (exact) mass is 353 g/mol. The number of alkyl halides is 1. The molecule has 0 saturated heterocycles. The van der Waals surface area contributed by atoms with Gasteiger partial charge in [0.2, 0.25) is 5.91 Å². The average Bonchev–Trinajstić information content (AvgIpc) is 2.21. The van der Waals surface area contributed by atoms with Crippen molar-refractivity contribution in [1.82, 2.24) is 5.32 Å². The molecule has 1 aromatic rings. The second-order valence-corrected chi connectivity index (χ2v) is 5.08. The number of halogens is 3. The summed E-state index contributed by atoms with van der Waals surface area (Å²) in [4.78, 5) is 11.5. The first-order valence-electron chi connectivity index (χ1n) is 4.43. The molecular formula is C10H10Br2ClNO. The third-order valence-electron chi connectivity index (χ3n) is 1.82. The van der Waals surface area contributed by atoms with Crippen LogP contribution in [-0.2, 0) is 4.79 Å². The predicted octanol–water partition coefficient (Wildman–Crippen LogP) is 3.63. The molecule has 82 valence electrons. The van der Waals surface area contributed by atoms with Crippen LogP contribution >= 0.6 is 43.5 Å². The van der Waals surface area contributed by atoms with Crippen LogP contribution in [0, 0.1) is 0 Å². The molecule has 0 aliphatic heterocycles. The second-order valence-electron chi connectivity index (χ2n) is 2.93. The van der Waals surface area contributed by atoms with Crippen LogP contribution in [0.5, 0.6) is 0 Å². The third-order valence-corrected chi connectivity index (χ3v) is 4.15. The number of hydrogen-bond acceptors (Lipinski definition) is 1. The maximum atomic E-state index is 11.5. The number of amides is 1. The van der Waals surface area contributed by atoms with E-state index >= 15 is 0 Å². The smallest absolute Gasteiger partial charge is 0.242 e. The van der Waals surface area contributed by atoms with Crippen molar-refractivity contribution in [2.45, 2.75) is 12.3 Å². The Kier molecular flexibility index (Phi) is 5.09. The molecule has 1 amide bonds. The minimum absolute atomic E-state index is 0.173. The number of likely N-dealkylation sites (N-methyl/N-ethyl adjacent to an activating group) is 1. The lowest BCUT2D eigenvalue weighted by Gasteiger charge is -2.10. The van der Waals surface area contributed by atoms with E-state index in [0.29, 0.717) is 6.54 Å². The Balaban J connectivity index is 2.86. The van der Waals surface area contributed by atoms with Crippen molar-refractivity contribution in [1.29, 1.82) is 0 Å². The van der Waals surface area contributed by atoms with Crippen LogP contribution in [0.3, 0.4) is 0 Å². The quantitative estimate of drug-likeness (QED) is 0.825. The molecule has 1 N–H and O–H groups in total. The lowest BCUT2D eigenvalue weighted by Crippen LogP contribution is -2.26. The molecule has 1 unspecified atom stereocenters. The van der Waals surface area contributed by atoms with Gasteiger partial charge in [-0.05, 0) is 56.5 Å². The van der Waals surface area contributed by atoms with Crippen LogP contribution in [0.25, 0.3) is 0 Å². The standard InChI is InChI=1S/C10H10Br2ClNO/c1-2-14-10(15)9(13)6-3-4-7(11)8(12)5-6/h3-5,9H,2H2,1H3,(H,14,15). The van der Waals surface area contributed by atoms with Crippen molar-refractivity contribution < 1.29 is 4.79 Å². The minimum atomic E-state index is -0.644. The molecule has 0 heterocycles. The summed E-state index contributed by atoms with van der Waals surface area (Å²) >= 11 is 12.7. The normalized spacial score (nSPS) is 12.3. The van der Waals surface area contributed by atoms with E-state index in [4.69, 9.17) is 11.6 Å². The second kappa shape index (κ2) is 5.87. The fourth-order valence-electron chi connectivity index (χ4n) is 1.09. The Morgan fingerprint density at radius 3 is 2.67 bits per heavy atom. The topological polar surface area (TPSA) is 29.1 Å². The van der Waals surface area contributed by atoms with Gasteiger partial charge < -0.3 is 5.32 Å². The molecule has 2 nitrogen and oxygen atoms in total. The zero-order valence-electron chi connectivity index (χ0n) is 8.06. The van der Waals surface area contributed by atoms with Gasteiger partial charge in [0.15, 0.2) is 0 Å². The average molecular weight is 355 g/mol. The number of carbonyl (C=O) groups excluding carboxylic acids is 1. The van der Waals surface area contributed by atoms with Gasteiger partial charge in [0, 0.05) is 15.5 Å². The van der Waals surface area contributed by atoms with E-state index in [0.717, 1.165) is 14.5 Å². The summed E-state index contributed by atoms with van der Waals surface area (Å²) in [6, 6.07) is 5.51. The van der Waals surface area contributed by atoms with Gasteiger partial charge in [0.25, 0.3) is 0 Å². The fraction of sp³-hybridized carbons (Fsp3) is 0.300. The highest BCUT2D eigenvalue weighted by atomic mass is 79.9. The van der Waals surface area contributed by atoms with Crippen molar-refractivity contribution in [3.8, 4) is 0 Å². The Bertz CT molecular complexity index is 370. The van der Waals surface area contributed by atoms with Gasteiger partial charge in [-0.2, -0.15) is 0 Å². The Hall–Kier alpha value is -0.0600. The summed E-state index contributed by atoms with van der Waals surface area (Å²) in [5.41, 5.74) is 0.776. The molecule has 1 aromatic carbocycles. The van der Waals surface area contributed by atoms with Crippen LogP contribution in [0.1, 0.15) is 17.9 Å². The summed E-state index contributed by atoms with van der Waals surface area (Å²) < 4.78 is 1.82. The third kappa shape index (κ3) is 3.47. The molecule has 5 heteroatoms. The van der Waals surface area contributed by atoms with Crippen molar-refractivity contribution in [2.24, 2.45) is 0 Å². The molecule has 1 atom stereocenters. The number of benzene rings is 1. The molecule has 0 bridgehead atoms. The van der Waals surface area contributed by atoms with Crippen LogP contribution in [0.4, 0.5) is 0 Å². The first-order chi connectivity index (χ1) is 7.06. The largest absolute Gasteiger partial charge is 0.355 e. The molecule has 0 spiro atoms. The highest BCUT2D eigenvalue weighted by Crippen LogP contribution is 2.29. The van der Waals surface area contributed by atoms with Gasteiger partial charge in [-0.25, -0.2) is 0 Å². The SMILES string of the molecule is CCNC(=O)C(Cl)c1ccc(Br)c(Br)c1. The Morgan fingerprint density at radius 1 is 1.47 bits per heavy atom. The van der Waals surface area contributed by atoms with E-state index in [1.807, 2.05) is 25.1 Å². The first kappa shape index (κ1) is 13.0. The Morgan fingerprint density at radius 2 is 2.13 bits per heavy atom. The molecule has 0 aromatic heterocycles. The van der Waals surface area contributed by atoms with Crippen LogP contribution in [0.15, 0.2) is 27.1 Å². The summed E-state index contributed by atoms with van der Waals surface area (Å²) in [5.74, 6) is -0.173. The van der Waals surface area contributed by atoms with Gasteiger partial charge in [0.1, 0.15) is 5.38 Å². The molecule has 0 fully saturated rings. The number of nitrogens with one attached hydrogen (secondary N) is 1. The summed E-state index contributed by atoms with van der Waals surface area (Å²) in [7, 11) is 0. The lowest BCUT2D eigenvalue weighted by molar-refractivity contribution is -0.120. The zero-order valence-corrected chi connectivity index (χ0v) is 12.0. The molecule has 0 saturated carbocycles. The predicted molar refractivity (Wildman–Crippen MR) is 69.1 cm³/mol. The fourth-order valence-corrected chi connectivity index (χ4v) is 1.94. The molecule has 0 aliphatic rings. The maximum absolute atomic E-state index is 11.5. The first-order valence-corrected chi connectivity index (χ1v) is 6.45. The van der Waals surface area contributed by atoms with Crippen molar-refractivity contribution >= 4 is 49.4 Å². The van der Waals surface area contributed by atoms with Crippen molar-refractivity contribution in [3.63, 3.8) is 0 Å². The van der Waals surface area contributed by atoms with E-state index < -0.39 is 5.38 Å².